The highest BCUT2D eigenvalue weighted by atomic mass is 32.1. The van der Waals surface area contributed by atoms with Crippen LogP contribution < -0.4 is 0 Å². The predicted octanol–water partition coefficient (Wildman–Crippen LogP) is 2.26. The number of hydrogen-bond acceptors (Lipinski definition) is 2. The van der Waals surface area contributed by atoms with E-state index < -0.39 is 0 Å². The summed E-state index contributed by atoms with van der Waals surface area (Å²) in [5.74, 6) is 0.444. The highest BCUT2D eigenvalue weighted by Gasteiger charge is 1.98. The first-order valence-corrected chi connectivity index (χ1v) is 4.15. The summed E-state index contributed by atoms with van der Waals surface area (Å²) in [6.07, 6.45) is 2.76. The normalized spacial score (nSPS) is 12.5. The number of hydrogen-bond donors (Lipinski definition) is 0. The molecular weight excluding hydrogens is 154 g/mol. The smallest absolute Gasteiger partial charge is 0.0409 e. The fraction of sp³-hybridized carbons (Fsp3) is 0.333. The first-order chi connectivity index (χ1) is 5.33. The van der Waals surface area contributed by atoms with E-state index in [1.165, 1.54) is 0 Å². The Bertz CT molecular complexity index is 220. The molecule has 58 valence electrons. The van der Waals surface area contributed by atoms with Crippen molar-refractivity contribution >= 4 is 17.6 Å². The van der Waals surface area contributed by atoms with Crippen LogP contribution >= 0.6 is 12.2 Å². The molecule has 0 aromatic carbocycles. The molecule has 0 saturated carbocycles. The molecule has 0 spiro atoms. The van der Waals surface area contributed by atoms with E-state index in [-0.39, 0.29) is 0 Å². The summed E-state index contributed by atoms with van der Waals surface area (Å²) in [4.78, 5) is 4.20. The molecule has 1 aromatic rings. The SMILES string of the molecule is CC(C=S)Cc1ccccn1. The fourth-order valence-corrected chi connectivity index (χ4v) is 0.993. The molecule has 11 heavy (non-hydrogen) atoms. The van der Waals surface area contributed by atoms with Crippen LogP contribution in [0.1, 0.15) is 12.6 Å². The minimum absolute atomic E-state index is 0.444. The molecule has 0 radical (unpaired) electrons. The second kappa shape index (κ2) is 4.19. The number of pyridine rings is 1. The second-order valence-corrected chi connectivity index (χ2v) is 2.91. The van der Waals surface area contributed by atoms with Gasteiger partial charge in [-0.05, 0) is 29.8 Å². The Morgan fingerprint density at radius 2 is 2.45 bits per heavy atom. The zero-order valence-corrected chi connectivity index (χ0v) is 7.34. The van der Waals surface area contributed by atoms with Crippen molar-refractivity contribution in [2.75, 3.05) is 0 Å². The van der Waals surface area contributed by atoms with Crippen LogP contribution in [0.3, 0.4) is 0 Å². The highest BCUT2D eigenvalue weighted by molar-refractivity contribution is 7.79. The largest absolute Gasteiger partial charge is 0.261 e. The molecule has 1 unspecified atom stereocenters. The summed E-state index contributed by atoms with van der Waals surface area (Å²) >= 11 is 4.82. The minimum Gasteiger partial charge on any atom is -0.261 e. The monoisotopic (exact) mass is 165 g/mol. The van der Waals surface area contributed by atoms with Gasteiger partial charge in [0.1, 0.15) is 0 Å². The first kappa shape index (κ1) is 8.34. The molecule has 0 aliphatic carbocycles. The highest BCUT2D eigenvalue weighted by Crippen LogP contribution is 2.02. The Morgan fingerprint density at radius 3 is 3.00 bits per heavy atom. The summed E-state index contributed by atoms with van der Waals surface area (Å²) in [6, 6.07) is 5.94. The van der Waals surface area contributed by atoms with Crippen LogP contribution in [-0.2, 0) is 6.42 Å². The van der Waals surface area contributed by atoms with Gasteiger partial charge in [-0.3, -0.25) is 4.98 Å². The van der Waals surface area contributed by atoms with Crippen molar-refractivity contribution < 1.29 is 0 Å². The van der Waals surface area contributed by atoms with E-state index in [4.69, 9.17) is 12.2 Å². The number of rotatable bonds is 3. The predicted molar refractivity (Wildman–Crippen MR) is 50.8 cm³/mol. The molecule has 0 saturated heterocycles. The van der Waals surface area contributed by atoms with Gasteiger partial charge in [0.25, 0.3) is 0 Å². The van der Waals surface area contributed by atoms with Crippen LogP contribution in [0.4, 0.5) is 0 Å². The average molecular weight is 165 g/mol. The minimum atomic E-state index is 0.444. The van der Waals surface area contributed by atoms with Gasteiger partial charge in [0, 0.05) is 11.9 Å². The topological polar surface area (TPSA) is 12.9 Å². The summed E-state index contributed by atoms with van der Waals surface area (Å²) < 4.78 is 0. The first-order valence-electron chi connectivity index (χ1n) is 3.68. The van der Waals surface area contributed by atoms with E-state index in [2.05, 4.69) is 11.9 Å². The lowest BCUT2D eigenvalue weighted by Crippen LogP contribution is -2.00. The van der Waals surface area contributed by atoms with E-state index in [1.807, 2.05) is 24.4 Å². The van der Waals surface area contributed by atoms with Gasteiger partial charge in [-0.1, -0.05) is 25.2 Å². The zero-order chi connectivity index (χ0) is 8.10. The number of nitrogens with zero attached hydrogens (tertiary/aromatic N) is 1. The van der Waals surface area contributed by atoms with E-state index in [9.17, 15) is 0 Å². The maximum Gasteiger partial charge on any atom is 0.0409 e. The van der Waals surface area contributed by atoms with Crippen molar-refractivity contribution in [2.45, 2.75) is 13.3 Å². The maximum absolute atomic E-state index is 4.82. The van der Waals surface area contributed by atoms with Crippen molar-refractivity contribution in [3.63, 3.8) is 0 Å². The fourth-order valence-electron chi connectivity index (χ4n) is 0.897. The van der Waals surface area contributed by atoms with Gasteiger partial charge in [-0.25, -0.2) is 0 Å². The van der Waals surface area contributed by atoms with Gasteiger partial charge in [0.2, 0.25) is 0 Å². The van der Waals surface area contributed by atoms with Crippen molar-refractivity contribution in [3.05, 3.63) is 30.1 Å². The standard InChI is InChI=1S/C9H11NS/c1-8(7-11)6-9-4-2-3-5-10-9/h2-5,7-8H,6H2,1H3. The van der Waals surface area contributed by atoms with Crippen molar-refractivity contribution in [1.82, 2.24) is 4.98 Å². The van der Waals surface area contributed by atoms with Gasteiger partial charge in [-0.2, -0.15) is 0 Å². The molecule has 0 fully saturated rings. The Kier molecular flexibility index (Phi) is 3.17. The number of aromatic nitrogens is 1. The van der Waals surface area contributed by atoms with Crippen LogP contribution in [0.2, 0.25) is 0 Å². The van der Waals surface area contributed by atoms with Gasteiger partial charge in [-0.15, -0.1) is 0 Å². The molecule has 1 aromatic heterocycles. The summed E-state index contributed by atoms with van der Waals surface area (Å²) in [5.41, 5.74) is 1.11. The van der Waals surface area contributed by atoms with Crippen LogP contribution in [0.15, 0.2) is 24.4 Å². The van der Waals surface area contributed by atoms with E-state index in [1.54, 1.807) is 5.37 Å². The lowest BCUT2D eigenvalue weighted by atomic mass is 10.1. The molecule has 0 aliphatic heterocycles. The Morgan fingerprint density at radius 1 is 1.64 bits per heavy atom. The molecule has 0 bridgehead atoms. The van der Waals surface area contributed by atoms with Crippen molar-refractivity contribution in [1.29, 1.82) is 0 Å². The molecule has 1 nitrogen and oxygen atoms in total. The third kappa shape index (κ3) is 2.76. The summed E-state index contributed by atoms with van der Waals surface area (Å²) in [5, 5.41) is 1.79. The van der Waals surface area contributed by atoms with E-state index in [0.717, 1.165) is 12.1 Å². The molecule has 0 amide bonds. The molecular formula is C9H11NS. The zero-order valence-electron chi connectivity index (χ0n) is 6.53. The molecule has 1 atom stereocenters. The van der Waals surface area contributed by atoms with E-state index >= 15 is 0 Å². The van der Waals surface area contributed by atoms with Gasteiger partial charge >= 0.3 is 0 Å². The quantitative estimate of drug-likeness (QED) is 0.637. The van der Waals surface area contributed by atoms with Gasteiger partial charge in [0.05, 0.1) is 0 Å². The summed E-state index contributed by atoms with van der Waals surface area (Å²) in [7, 11) is 0. The maximum atomic E-state index is 4.82. The van der Waals surface area contributed by atoms with Crippen LogP contribution in [0.25, 0.3) is 0 Å². The van der Waals surface area contributed by atoms with Crippen molar-refractivity contribution in [3.8, 4) is 0 Å². The van der Waals surface area contributed by atoms with Crippen LogP contribution in [-0.4, -0.2) is 10.4 Å². The molecule has 1 rings (SSSR count). The van der Waals surface area contributed by atoms with Gasteiger partial charge < -0.3 is 0 Å². The van der Waals surface area contributed by atoms with E-state index in [0.29, 0.717) is 5.92 Å². The molecule has 0 N–H and O–H groups in total. The molecule has 1 heterocycles. The lowest BCUT2D eigenvalue weighted by molar-refractivity contribution is 0.769. The Hall–Kier alpha value is -0.760. The second-order valence-electron chi connectivity index (χ2n) is 2.64. The Balaban J connectivity index is 2.57. The third-order valence-corrected chi connectivity index (χ3v) is 1.95. The average Bonchev–Trinajstić information content (AvgIpc) is 2.06. The summed E-state index contributed by atoms with van der Waals surface area (Å²) in [6.45, 7) is 2.10. The van der Waals surface area contributed by atoms with Crippen LogP contribution in [0.5, 0.6) is 0 Å². The van der Waals surface area contributed by atoms with Crippen molar-refractivity contribution in [2.24, 2.45) is 5.92 Å². The van der Waals surface area contributed by atoms with Gasteiger partial charge in [0.15, 0.2) is 0 Å². The Labute approximate surface area is 72.5 Å². The molecule has 2 heteroatoms. The number of thiocarbonyl (C=S) groups is 1. The molecule has 0 aliphatic rings. The third-order valence-electron chi connectivity index (χ3n) is 1.49. The lowest BCUT2D eigenvalue weighted by Gasteiger charge is -2.02. The van der Waals surface area contributed by atoms with Crippen LogP contribution in [0, 0.1) is 5.92 Å².